The normalized spacial score (nSPS) is 10.2. The number of carbonyl (C=O) groups excluding carboxylic acids is 1. The molecule has 0 fully saturated rings. The van der Waals surface area contributed by atoms with Crippen molar-refractivity contribution in [2.24, 2.45) is 7.05 Å². The molecule has 5 heteroatoms. The third-order valence-electron chi connectivity index (χ3n) is 2.32. The van der Waals surface area contributed by atoms with Crippen LogP contribution in [0.15, 0.2) is 23.1 Å². The van der Waals surface area contributed by atoms with Gasteiger partial charge >= 0.3 is 0 Å². The lowest BCUT2D eigenvalue weighted by atomic mass is 10.2. The summed E-state index contributed by atoms with van der Waals surface area (Å²) in [6, 6.07) is 3.21. The van der Waals surface area contributed by atoms with Crippen LogP contribution in [0.3, 0.4) is 0 Å². The number of rotatable bonds is 6. The molecule has 5 nitrogen and oxygen atoms in total. The summed E-state index contributed by atoms with van der Waals surface area (Å²) in [5.41, 5.74) is -0.110. The summed E-state index contributed by atoms with van der Waals surface area (Å²) in [6.07, 6.45) is 2.36. The van der Waals surface area contributed by atoms with Gasteiger partial charge < -0.3 is 14.6 Å². The first-order valence-corrected chi connectivity index (χ1v) is 5.68. The second kappa shape index (κ2) is 6.85. The summed E-state index contributed by atoms with van der Waals surface area (Å²) in [6.45, 7) is 3.72. The molecule has 0 saturated carbocycles. The van der Waals surface area contributed by atoms with Crippen molar-refractivity contribution in [2.75, 3.05) is 19.8 Å². The average molecular weight is 238 g/mol. The van der Waals surface area contributed by atoms with Gasteiger partial charge in [0.1, 0.15) is 5.56 Å². The Bertz CT molecular complexity index is 426. The monoisotopic (exact) mass is 238 g/mol. The van der Waals surface area contributed by atoms with Crippen molar-refractivity contribution < 1.29 is 9.53 Å². The van der Waals surface area contributed by atoms with E-state index in [4.69, 9.17) is 4.74 Å². The molecule has 0 saturated heterocycles. The zero-order valence-electron chi connectivity index (χ0n) is 10.2. The Morgan fingerprint density at radius 1 is 1.53 bits per heavy atom. The maximum absolute atomic E-state index is 11.7. The highest BCUT2D eigenvalue weighted by molar-refractivity contribution is 5.93. The zero-order chi connectivity index (χ0) is 12.7. The number of aryl methyl sites for hydroxylation is 1. The van der Waals surface area contributed by atoms with Crippen LogP contribution in [0, 0.1) is 0 Å². The van der Waals surface area contributed by atoms with E-state index in [1.54, 1.807) is 19.3 Å². The van der Waals surface area contributed by atoms with Crippen LogP contribution in [-0.2, 0) is 11.8 Å². The van der Waals surface area contributed by atoms with Crippen LogP contribution >= 0.6 is 0 Å². The van der Waals surface area contributed by atoms with Crippen LogP contribution < -0.4 is 10.9 Å². The molecular weight excluding hydrogens is 220 g/mol. The molecule has 17 heavy (non-hydrogen) atoms. The molecule has 0 radical (unpaired) electrons. The molecule has 0 aromatic carbocycles. The first-order valence-electron chi connectivity index (χ1n) is 5.68. The molecule has 1 aromatic heterocycles. The van der Waals surface area contributed by atoms with E-state index in [9.17, 15) is 9.59 Å². The predicted octanol–water partition coefficient (Wildman–Crippen LogP) is 0.542. The van der Waals surface area contributed by atoms with Crippen molar-refractivity contribution in [1.82, 2.24) is 9.88 Å². The van der Waals surface area contributed by atoms with Gasteiger partial charge in [-0.15, -0.1) is 0 Å². The molecule has 0 aliphatic heterocycles. The van der Waals surface area contributed by atoms with Crippen molar-refractivity contribution >= 4 is 5.91 Å². The predicted molar refractivity (Wildman–Crippen MR) is 65.1 cm³/mol. The largest absolute Gasteiger partial charge is 0.382 e. The standard InChI is InChI=1S/C12H18N2O3/c1-3-17-9-5-7-13-11(15)10-6-4-8-14(2)12(10)16/h4,6,8H,3,5,7,9H2,1-2H3,(H,13,15). The zero-order valence-corrected chi connectivity index (χ0v) is 10.2. The van der Waals surface area contributed by atoms with Gasteiger partial charge in [-0.25, -0.2) is 0 Å². The molecular formula is C12H18N2O3. The lowest BCUT2D eigenvalue weighted by Gasteiger charge is -2.05. The van der Waals surface area contributed by atoms with Gasteiger partial charge in [0, 0.05) is 33.0 Å². The number of carbonyl (C=O) groups is 1. The number of ether oxygens (including phenoxy) is 1. The van der Waals surface area contributed by atoms with Gasteiger partial charge in [0.25, 0.3) is 11.5 Å². The van der Waals surface area contributed by atoms with Crippen molar-refractivity contribution in [3.05, 3.63) is 34.2 Å². The van der Waals surface area contributed by atoms with Crippen molar-refractivity contribution in [2.45, 2.75) is 13.3 Å². The van der Waals surface area contributed by atoms with Gasteiger partial charge in [-0.2, -0.15) is 0 Å². The van der Waals surface area contributed by atoms with Gasteiger partial charge in [0.05, 0.1) is 0 Å². The van der Waals surface area contributed by atoms with E-state index in [-0.39, 0.29) is 17.0 Å². The Balaban J connectivity index is 2.48. The smallest absolute Gasteiger partial charge is 0.263 e. The van der Waals surface area contributed by atoms with Crippen molar-refractivity contribution in [1.29, 1.82) is 0 Å². The number of hydrogen-bond donors (Lipinski definition) is 1. The van der Waals surface area contributed by atoms with Crippen molar-refractivity contribution in [3.8, 4) is 0 Å². The fraction of sp³-hybridized carbons (Fsp3) is 0.500. The first kappa shape index (κ1) is 13.4. The average Bonchev–Trinajstić information content (AvgIpc) is 2.32. The maximum Gasteiger partial charge on any atom is 0.263 e. The molecule has 0 atom stereocenters. The van der Waals surface area contributed by atoms with Crippen molar-refractivity contribution in [3.63, 3.8) is 0 Å². The Morgan fingerprint density at radius 3 is 3.00 bits per heavy atom. The third-order valence-corrected chi connectivity index (χ3v) is 2.32. The molecule has 0 unspecified atom stereocenters. The van der Waals surface area contributed by atoms with Crippen LogP contribution in [0.1, 0.15) is 23.7 Å². The number of aromatic nitrogens is 1. The maximum atomic E-state index is 11.7. The minimum Gasteiger partial charge on any atom is -0.382 e. The van der Waals surface area contributed by atoms with Crippen LogP contribution in [-0.4, -0.2) is 30.2 Å². The molecule has 94 valence electrons. The van der Waals surface area contributed by atoms with Crippen LogP contribution in [0.2, 0.25) is 0 Å². The fourth-order valence-electron chi connectivity index (χ4n) is 1.39. The first-order chi connectivity index (χ1) is 8.16. The minimum atomic E-state index is -0.331. The molecule has 0 aliphatic rings. The fourth-order valence-corrected chi connectivity index (χ4v) is 1.39. The van der Waals surface area contributed by atoms with E-state index in [2.05, 4.69) is 5.32 Å². The van der Waals surface area contributed by atoms with Gasteiger partial charge in [-0.1, -0.05) is 0 Å². The summed E-state index contributed by atoms with van der Waals surface area (Å²) < 4.78 is 6.53. The highest BCUT2D eigenvalue weighted by atomic mass is 16.5. The SMILES string of the molecule is CCOCCCNC(=O)c1cccn(C)c1=O. The number of nitrogens with zero attached hydrogens (tertiary/aromatic N) is 1. The molecule has 1 amide bonds. The summed E-state index contributed by atoms with van der Waals surface area (Å²) in [5, 5.41) is 2.69. The third kappa shape index (κ3) is 4.03. The van der Waals surface area contributed by atoms with Crippen LogP contribution in [0.25, 0.3) is 0 Å². The molecule has 0 bridgehead atoms. The van der Waals surface area contributed by atoms with Gasteiger partial charge in [-0.05, 0) is 25.5 Å². The Morgan fingerprint density at radius 2 is 2.29 bits per heavy atom. The molecule has 1 aromatic rings. The van der Waals surface area contributed by atoms with E-state index >= 15 is 0 Å². The Labute approximate surface area is 100 Å². The highest BCUT2D eigenvalue weighted by Crippen LogP contribution is 1.91. The number of amides is 1. The molecule has 1 N–H and O–H groups in total. The van der Waals surface area contributed by atoms with E-state index in [0.717, 1.165) is 6.42 Å². The van der Waals surface area contributed by atoms with Crippen LogP contribution in [0.5, 0.6) is 0 Å². The lowest BCUT2D eigenvalue weighted by Crippen LogP contribution is -2.32. The quantitative estimate of drug-likeness (QED) is 0.736. The van der Waals surface area contributed by atoms with E-state index < -0.39 is 0 Å². The van der Waals surface area contributed by atoms with Gasteiger partial charge in [0.15, 0.2) is 0 Å². The number of nitrogens with one attached hydrogen (secondary N) is 1. The van der Waals surface area contributed by atoms with Crippen LogP contribution in [0.4, 0.5) is 0 Å². The number of pyridine rings is 1. The second-order valence-corrected chi connectivity index (χ2v) is 3.64. The van der Waals surface area contributed by atoms with E-state index in [1.807, 2.05) is 6.92 Å². The lowest BCUT2D eigenvalue weighted by molar-refractivity contribution is 0.0942. The summed E-state index contributed by atoms with van der Waals surface area (Å²) in [4.78, 5) is 23.3. The Hall–Kier alpha value is -1.62. The molecule has 1 rings (SSSR count). The molecule has 1 heterocycles. The summed E-state index contributed by atoms with van der Waals surface area (Å²) in [5.74, 6) is -0.331. The molecule has 0 spiro atoms. The second-order valence-electron chi connectivity index (χ2n) is 3.64. The number of hydrogen-bond acceptors (Lipinski definition) is 3. The van der Waals surface area contributed by atoms with Gasteiger partial charge in [0.2, 0.25) is 0 Å². The van der Waals surface area contributed by atoms with E-state index in [0.29, 0.717) is 19.8 Å². The van der Waals surface area contributed by atoms with Gasteiger partial charge in [-0.3, -0.25) is 9.59 Å². The minimum absolute atomic E-state index is 0.173. The Kier molecular flexibility index (Phi) is 5.42. The van der Waals surface area contributed by atoms with E-state index in [1.165, 1.54) is 10.6 Å². The highest BCUT2D eigenvalue weighted by Gasteiger charge is 2.09. The molecule has 0 aliphatic carbocycles. The summed E-state index contributed by atoms with van der Waals surface area (Å²) in [7, 11) is 1.62. The summed E-state index contributed by atoms with van der Waals surface area (Å²) >= 11 is 0. The topological polar surface area (TPSA) is 60.3 Å².